The van der Waals surface area contributed by atoms with Gasteiger partial charge in [0.2, 0.25) is 5.91 Å². The number of aromatic nitrogens is 2. The molecule has 1 aromatic heterocycles. The second kappa shape index (κ2) is 9.91. The molecule has 1 aliphatic heterocycles. The standard InChI is InChI=1S/C24H25N5O3/c1-17(30)25-20-5-4-6-21(15-20)32-16-24(31)26-19-9-7-18(8-10-19)22-11-12-23(28-27-22)29-13-2-3-14-29/h4-12,15H,2-3,13-14,16H2,1H3,(H,25,30)(H,26,31). The summed E-state index contributed by atoms with van der Waals surface area (Å²) in [6.07, 6.45) is 2.40. The van der Waals surface area contributed by atoms with Crippen LogP contribution in [0.15, 0.2) is 60.7 Å². The highest BCUT2D eigenvalue weighted by Gasteiger charge is 2.14. The summed E-state index contributed by atoms with van der Waals surface area (Å²) in [5.41, 5.74) is 2.99. The molecule has 0 unspecified atom stereocenters. The van der Waals surface area contributed by atoms with E-state index >= 15 is 0 Å². The minimum Gasteiger partial charge on any atom is -0.484 e. The number of amides is 2. The number of carbonyl (C=O) groups excluding carboxylic acids is 2. The third-order valence-corrected chi connectivity index (χ3v) is 5.07. The van der Waals surface area contributed by atoms with Crippen LogP contribution < -0.4 is 20.3 Å². The molecular weight excluding hydrogens is 406 g/mol. The lowest BCUT2D eigenvalue weighted by molar-refractivity contribution is -0.118. The van der Waals surface area contributed by atoms with Crippen LogP contribution in [-0.2, 0) is 9.59 Å². The first-order valence-corrected chi connectivity index (χ1v) is 10.6. The lowest BCUT2D eigenvalue weighted by Gasteiger charge is -2.15. The Morgan fingerprint density at radius 1 is 0.938 bits per heavy atom. The van der Waals surface area contributed by atoms with Gasteiger partial charge in [0.1, 0.15) is 5.75 Å². The number of carbonyl (C=O) groups is 2. The van der Waals surface area contributed by atoms with Crippen molar-refractivity contribution in [1.82, 2.24) is 10.2 Å². The van der Waals surface area contributed by atoms with E-state index in [0.29, 0.717) is 17.1 Å². The number of rotatable bonds is 7. The zero-order chi connectivity index (χ0) is 22.3. The zero-order valence-electron chi connectivity index (χ0n) is 17.9. The van der Waals surface area contributed by atoms with E-state index in [9.17, 15) is 9.59 Å². The molecule has 0 atom stereocenters. The van der Waals surface area contributed by atoms with Crippen molar-refractivity contribution in [3.8, 4) is 17.0 Å². The smallest absolute Gasteiger partial charge is 0.262 e. The summed E-state index contributed by atoms with van der Waals surface area (Å²) in [5.74, 6) is 0.963. The molecule has 1 aliphatic rings. The van der Waals surface area contributed by atoms with Crippen molar-refractivity contribution in [2.45, 2.75) is 19.8 Å². The molecule has 0 radical (unpaired) electrons. The van der Waals surface area contributed by atoms with Gasteiger partial charge in [0.15, 0.2) is 12.4 Å². The molecular formula is C24H25N5O3. The summed E-state index contributed by atoms with van der Waals surface area (Å²) in [6.45, 7) is 3.36. The van der Waals surface area contributed by atoms with Crippen LogP contribution >= 0.6 is 0 Å². The summed E-state index contributed by atoms with van der Waals surface area (Å²) < 4.78 is 5.52. The topological polar surface area (TPSA) is 96.4 Å². The summed E-state index contributed by atoms with van der Waals surface area (Å²) in [7, 11) is 0. The third kappa shape index (κ3) is 5.60. The molecule has 0 aliphatic carbocycles. The molecule has 2 amide bonds. The minimum absolute atomic E-state index is 0.144. The molecule has 32 heavy (non-hydrogen) atoms. The molecule has 8 heteroatoms. The monoisotopic (exact) mass is 431 g/mol. The van der Waals surface area contributed by atoms with Crippen LogP contribution in [0, 0.1) is 0 Å². The minimum atomic E-state index is -0.280. The lowest BCUT2D eigenvalue weighted by Crippen LogP contribution is -2.20. The van der Waals surface area contributed by atoms with E-state index in [0.717, 1.165) is 30.2 Å². The fraction of sp³-hybridized carbons (Fsp3) is 0.250. The van der Waals surface area contributed by atoms with Gasteiger partial charge >= 0.3 is 0 Å². The number of anilines is 3. The van der Waals surface area contributed by atoms with Gasteiger partial charge in [-0.05, 0) is 49.2 Å². The average Bonchev–Trinajstić information content (AvgIpc) is 3.33. The Labute approximate surface area is 186 Å². The molecule has 4 rings (SSSR count). The van der Waals surface area contributed by atoms with E-state index in [4.69, 9.17) is 4.74 Å². The maximum absolute atomic E-state index is 12.2. The van der Waals surface area contributed by atoms with E-state index in [-0.39, 0.29) is 18.4 Å². The molecule has 3 aromatic rings. The molecule has 8 nitrogen and oxygen atoms in total. The van der Waals surface area contributed by atoms with Gasteiger partial charge in [0.25, 0.3) is 5.91 Å². The number of nitrogens with zero attached hydrogens (tertiary/aromatic N) is 3. The summed E-state index contributed by atoms with van der Waals surface area (Å²) >= 11 is 0. The van der Waals surface area contributed by atoms with Crippen LogP contribution in [-0.4, -0.2) is 41.7 Å². The Morgan fingerprint density at radius 2 is 1.72 bits per heavy atom. The first kappa shape index (κ1) is 21.3. The maximum Gasteiger partial charge on any atom is 0.262 e. The molecule has 2 N–H and O–H groups in total. The van der Waals surface area contributed by atoms with Gasteiger partial charge in [-0.2, -0.15) is 0 Å². The molecule has 0 bridgehead atoms. The van der Waals surface area contributed by atoms with E-state index < -0.39 is 0 Å². The maximum atomic E-state index is 12.2. The van der Waals surface area contributed by atoms with Gasteiger partial charge in [0, 0.05) is 43.0 Å². The second-order valence-corrected chi connectivity index (χ2v) is 7.59. The SMILES string of the molecule is CC(=O)Nc1cccc(OCC(=O)Nc2ccc(-c3ccc(N4CCCC4)nn3)cc2)c1. The van der Waals surface area contributed by atoms with Gasteiger partial charge in [-0.3, -0.25) is 9.59 Å². The van der Waals surface area contributed by atoms with Crippen molar-refractivity contribution in [1.29, 1.82) is 0 Å². The first-order valence-electron chi connectivity index (χ1n) is 10.6. The fourth-order valence-electron chi connectivity index (χ4n) is 3.53. The normalized spacial score (nSPS) is 13.0. The van der Waals surface area contributed by atoms with E-state index in [2.05, 4.69) is 25.7 Å². The van der Waals surface area contributed by atoms with Crippen molar-refractivity contribution in [2.75, 3.05) is 35.2 Å². The van der Waals surface area contributed by atoms with Gasteiger partial charge < -0.3 is 20.3 Å². The van der Waals surface area contributed by atoms with Gasteiger partial charge in [-0.15, -0.1) is 10.2 Å². The largest absolute Gasteiger partial charge is 0.484 e. The number of ether oxygens (including phenoxy) is 1. The van der Waals surface area contributed by atoms with Gasteiger partial charge in [0.05, 0.1) is 5.69 Å². The Hall–Kier alpha value is -3.94. The van der Waals surface area contributed by atoms with Crippen LogP contribution in [0.5, 0.6) is 5.75 Å². The lowest BCUT2D eigenvalue weighted by atomic mass is 10.1. The highest BCUT2D eigenvalue weighted by atomic mass is 16.5. The fourth-order valence-corrected chi connectivity index (χ4v) is 3.53. The van der Waals surface area contributed by atoms with E-state index in [1.54, 1.807) is 24.3 Å². The van der Waals surface area contributed by atoms with Crippen LogP contribution in [0.1, 0.15) is 19.8 Å². The molecule has 0 spiro atoms. The van der Waals surface area contributed by atoms with Crippen molar-refractivity contribution in [3.63, 3.8) is 0 Å². The predicted octanol–water partition coefficient (Wildman–Crippen LogP) is 3.72. The molecule has 164 valence electrons. The van der Waals surface area contributed by atoms with E-state index in [1.807, 2.05) is 36.4 Å². The summed E-state index contributed by atoms with van der Waals surface area (Å²) in [4.78, 5) is 25.6. The number of hydrogen-bond acceptors (Lipinski definition) is 6. The highest BCUT2D eigenvalue weighted by molar-refractivity contribution is 5.92. The number of benzene rings is 2. The first-order chi connectivity index (χ1) is 15.6. The van der Waals surface area contributed by atoms with Crippen molar-refractivity contribution in [2.24, 2.45) is 0 Å². The van der Waals surface area contributed by atoms with Crippen LogP contribution in [0.25, 0.3) is 11.3 Å². The Balaban J connectivity index is 1.30. The summed E-state index contributed by atoms with van der Waals surface area (Å²) in [6, 6.07) is 18.3. The van der Waals surface area contributed by atoms with Gasteiger partial charge in [-0.1, -0.05) is 18.2 Å². The molecule has 2 heterocycles. The summed E-state index contributed by atoms with van der Waals surface area (Å²) in [5, 5.41) is 14.2. The Morgan fingerprint density at radius 3 is 2.41 bits per heavy atom. The Bertz CT molecular complexity index is 1080. The number of hydrogen-bond donors (Lipinski definition) is 2. The van der Waals surface area contributed by atoms with Crippen LogP contribution in [0.3, 0.4) is 0 Å². The van der Waals surface area contributed by atoms with Gasteiger partial charge in [-0.25, -0.2) is 0 Å². The van der Waals surface area contributed by atoms with Crippen LogP contribution in [0.4, 0.5) is 17.2 Å². The molecule has 1 fully saturated rings. The Kier molecular flexibility index (Phi) is 6.60. The van der Waals surface area contributed by atoms with E-state index in [1.165, 1.54) is 19.8 Å². The predicted molar refractivity (Wildman–Crippen MR) is 124 cm³/mol. The van der Waals surface area contributed by atoms with Crippen LogP contribution in [0.2, 0.25) is 0 Å². The quantitative estimate of drug-likeness (QED) is 0.592. The van der Waals surface area contributed by atoms with Crippen molar-refractivity contribution in [3.05, 3.63) is 60.7 Å². The average molecular weight is 431 g/mol. The molecule has 1 saturated heterocycles. The highest BCUT2D eigenvalue weighted by Crippen LogP contribution is 2.22. The molecule has 0 saturated carbocycles. The van der Waals surface area contributed by atoms with Crippen molar-refractivity contribution >= 4 is 29.0 Å². The second-order valence-electron chi connectivity index (χ2n) is 7.59. The zero-order valence-corrected chi connectivity index (χ0v) is 17.9. The third-order valence-electron chi connectivity index (χ3n) is 5.07. The molecule has 2 aromatic carbocycles. The number of nitrogens with one attached hydrogen (secondary N) is 2. The van der Waals surface area contributed by atoms with Crippen molar-refractivity contribution < 1.29 is 14.3 Å².